The minimum absolute atomic E-state index is 0.493. The van der Waals surface area contributed by atoms with E-state index in [-0.39, 0.29) is 0 Å². The van der Waals surface area contributed by atoms with Gasteiger partial charge in [0, 0.05) is 30.9 Å². The molecule has 5 rings (SSSR count). The molecule has 2 N–H and O–H groups in total. The molecule has 0 radical (unpaired) electrons. The van der Waals surface area contributed by atoms with E-state index in [1.54, 1.807) is 22.0 Å². The number of anilines is 1. The molecule has 1 saturated carbocycles. The highest BCUT2D eigenvalue weighted by molar-refractivity contribution is 7.14. The van der Waals surface area contributed by atoms with E-state index in [9.17, 15) is 0 Å². The van der Waals surface area contributed by atoms with Gasteiger partial charge in [0.15, 0.2) is 5.01 Å². The predicted molar refractivity (Wildman–Crippen MR) is 130 cm³/mol. The second kappa shape index (κ2) is 9.25. The lowest BCUT2D eigenvalue weighted by molar-refractivity contribution is 0.346. The topological polar surface area (TPSA) is 104 Å². The maximum atomic E-state index is 9.11. The van der Waals surface area contributed by atoms with Gasteiger partial charge < -0.3 is 10.6 Å². The van der Waals surface area contributed by atoms with Crippen molar-refractivity contribution in [3.8, 4) is 28.0 Å². The van der Waals surface area contributed by atoms with Crippen molar-refractivity contribution in [1.29, 1.82) is 5.26 Å². The fourth-order valence-corrected chi connectivity index (χ4v) is 5.60. The molecule has 1 aliphatic rings. The lowest BCUT2D eigenvalue weighted by atomic mass is 9.86. The molecule has 33 heavy (non-hydrogen) atoms. The number of nitriles is 1. The molecule has 0 unspecified atom stereocenters. The van der Waals surface area contributed by atoms with Crippen LogP contribution in [-0.2, 0) is 0 Å². The fraction of sp³-hybridized carbons (Fsp3) is 0.375. The standard InChI is InChI=1S/C24H26N8S/c1-3-27-17-6-4-16(5-7-17)23-30-31-24(33-23)19-14-28-21(11-20(19)26-2)22-9-8-18-10-15(12-25)13-29-32(18)22/h8-11,13-14,16-17,27H,3-7H2,1-2H3,(H,26,28)/t16-,17-. The van der Waals surface area contributed by atoms with E-state index in [4.69, 9.17) is 10.2 Å². The van der Waals surface area contributed by atoms with Crippen molar-refractivity contribution < 1.29 is 0 Å². The van der Waals surface area contributed by atoms with Crippen LogP contribution in [0.3, 0.4) is 0 Å². The second-order valence-corrected chi connectivity index (χ2v) is 9.34. The average molecular weight is 459 g/mol. The van der Waals surface area contributed by atoms with E-state index in [1.807, 2.05) is 37.5 Å². The van der Waals surface area contributed by atoms with Crippen LogP contribution in [0.5, 0.6) is 0 Å². The molecule has 0 amide bonds. The SMILES string of the molecule is CCN[C@H]1CC[C@H](c2nnc(-c3cnc(-c4ccc5cc(C#N)cnn45)cc3NC)s2)CC1. The Morgan fingerprint density at radius 1 is 1.15 bits per heavy atom. The highest BCUT2D eigenvalue weighted by atomic mass is 32.1. The van der Waals surface area contributed by atoms with Crippen LogP contribution in [0, 0.1) is 11.3 Å². The van der Waals surface area contributed by atoms with Crippen molar-refractivity contribution >= 4 is 22.5 Å². The zero-order valence-corrected chi connectivity index (χ0v) is 19.6. The highest BCUT2D eigenvalue weighted by Gasteiger charge is 2.25. The maximum Gasteiger partial charge on any atom is 0.151 e. The van der Waals surface area contributed by atoms with Gasteiger partial charge in [0.2, 0.25) is 0 Å². The Bertz CT molecular complexity index is 1310. The largest absolute Gasteiger partial charge is 0.387 e. The number of aromatic nitrogens is 5. The molecule has 0 bridgehead atoms. The van der Waals surface area contributed by atoms with E-state index in [2.05, 4.69) is 38.9 Å². The number of rotatable bonds is 6. The Hall–Kier alpha value is -3.35. The molecule has 9 heteroatoms. The van der Waals surface area contributed by atoms with E-state index in [0.29, 0.717) is 17.5 Å². The van der Waals surface area contributed by atoms with Gasteiger partial charge in [-0.1, -0.05) is 18.3 Å². The van der Waals surface area contributed by atoms with E-state index < -0.39 is 0 Å². The third-order valence-electron chi connectivity index (χ3n) is 6.31. The van der Waals surface area contributed by atoms with Gasteiger partial charge in [0.05, 0.1) is 34.2 Å². The summed E-state index contributed by atoms with van der Waals surface area (Å²) in [6.07, 6.45) is 8.13. The molecule has 4 aromatic rings. The number of hydrogen-bond acceptors (Lipinski definition) is 8. The Balaban J connectivity index is 1.40. The molecule has 0 aromatic carbocycles. The molecule has 8 nitrogen and oxygen atoms in total. The molecule has 4 heterocycles. The summed E-state index contributed by atoms with van der Waals surface area (Å²) in [6.45, 7) is 3.20. The molecule has 1 aliphatic carbocycles. The molecule has 0 saturated heterocycles. The molecule has 0 spiro atoms. The highest BCUT2D eigenvalue weighted by Crippen LogP contribution is 2.38. The van der Waals surface area contributed by atoms with Crippen LogP contribution in [0.25, 0.3) is 27.5 Å². The number of pyridine rings is 1. The molecular formula is C24H26N8S. The summed E-state index contributed by atoms with van der Waals surface area (Å²) in [5.41, 5.74) is 4.96. The summed E-state index contributed by atoms with van der Waals surface area (Å²) in [6, 6.07) is 10.5. The quantitative estimate of drug-likeness (QED) is 0.439. The summed E-state index contributed by atoms with van der Waals surface area (Å²) >= 11 is 1.68. The third kappa shape index (κ3) is 4.19. The monoisotopic (exact) mass is 458 g/mol. The zero-order chi connectivity index (χ0) is 22.8. The smallest absolute Gasteiger partial charge is 0.151 e. The Labute approximate surface area is 196 Å². The van der Waals surface area contributed by atoms with Gasteiger partial charge >= 0.3 is 0 Å². The van der Waals surface area contributed by atoms with Crippen LogP contribution in [0.2, 0.25) is 0 Å². The average Bonchev–Trinajstić information content (AvgIpc) is 3.51. The first-order valence-corrected chi connectivity index (χ1v) is 12.1. The molecular weight excluding hydrogens is 432 g/mol. The van der Waals surface area contributed by atoms with E-state index in [0.717, 1.165) is 57.6 Å². The Morgan fingerprint density at radius 2 is 2.00 bits per heavy atom. The molecule has 4 aromatic heterocycles. The number of nitrogens with one attached hydrogen (secondary N) is 2. The summed E-state index contributed by atoms with van der Waals surface area (Å²) in [5.74, 6) is 0.493. The van der Waals surface area contributed by atoms with Gasteiger partial charge in [0.25, 0.3) is 0 Å². The second-order valence-electron chi connectivity index (χ2n) is 8.33. The molecule has 1 fully saturated rings. The van der Waals surface area contributed by atoms with Crippen molar-refractivity contribution in [3.63, 3.8) is 0 Å². The van der Waals surface area contributed by atoms with Crippen LogP contribution < -0.4 is 10.6 Å². The van der Waals surface area contributed by atoms with Gasteiger partial charge in [0.1, 0.15) is 11.1 Å². The molecule has 0 atom stereocenters. The van der Waals surface area contributed by atoms with Gasteiger partial charge in [-0.3, -0.25) is 4.98 Å². The van der Waals surface area contributed by atoms with Gasteiger partial charge in [-0.05, 0) is 56.5 Å². The molecule has 168 valence electrons. The first-order valence-electron chi connectivity index (χ1n) is 11.3. The lowest BCUT2D eigenvalue weighted by Crippen LogP contribution is -2.32. The van der Waals surface area contributed by atoms with Gasteiger partial charge in [-0.2, -0.15) is 10.4 Å². The van der Waals surface area contributed by atoms with Crippen LogP contribution in [0.4, 0.5) is 5.69 Å². The van der Waals surface area contributed by atoms with Crippen LogP contribution >= 0.6 is 11.3 Å². The Kier molecular flexibility index (Phi) is 6.03. The first kappa shape index (κ1) is 21.5. The van der Waals surface area contributed by atoms with Gasteiger partial charge in [-0.15, -0.1) is 10.2 Å². The zero-order valence-electron chi connectivity index (χ0n) is 18.7. The normalized spacial score (nSPS) is 18.3. The summed E-state index contributed by atoms with van der Waals surface area (Å²) in [7, 11) is 1.90. The Morgan fingerprint density at radius 3 is 2.76 bits per heavy atom. The number of nitrogens with zero attached hydrogens (tertiary/aromatic N) is 6. The van der Waals surface area contributed by atoms with Crippen LogP contribution in [0.15, 0.2) is 36.7 Å². The summed E-state index contributed by atoms with van der Waals surface area (Å²) < 4.78 is 1.80. The van der Waals surface area contributed by atoms with Crippen LogP contribution in [0.1, 0.15) is 49.1 Å². The minimum Gasteiger partial charge on any atom is -0.387 e. The van der Waals surface area contributed by atoms with E-state index in [1.165, 1.54) is 12.8 Å². The predicted octanol–water partition coefficient (Wildman–Crippen LogP) is 4.46. The fourth-order valence-electron chi connectivity index (χ4n) is 4.57. The van der Waals surface area contributed by atoms with Crippen LogP contribution in [-0.4, -0.2) is 44.4 Å². The maximum absolute atomic E-state index is 9.11. The van der Waals surface area contributed by atoms with E-state index >= 15 is 0 Å². The van der Waals surface area contributed by atoms with Gasteiger partial charge in [-0.25, -0.2) is 4.52 Å². The summed E-state index contributed by atoms with van der Waals surface area (Å²) in [4.78, 5) is 4.72. The molecule has 0 aliphatic heterocycles. The third-order valence-corrected chi connectivity index (χ3v) is 7.42. The summed E-state index contributed by atoms with van der Waals surface area (Å²) in [5, 5.41) is 31.4. The van der Waals surface area contributed by atoms with Crippen molar-refractivity contribution in [3.05, 3.63) is 47.2 Å². The number of hydrogen-bond donors (Lipinski definition) is 2. The minimum atomic E-state index is 0.493. The van der Waals surface area contributed by atoms with Crippen molar-refractivity contribution in [1.82, 2.24) is 30.1 Å². The number of fused-ring (bicyclic) bond motifs is 1. The van der Waals surface area contributed by atoms with Crippen molar-refractivity contribution in [2.45, 2.75) is 44.6 Å². The van der Waals surface area contributed by atoms with Crippen molar-refractivity contribution in [2.75, 3.05) is 18.9 Å². The lowest BCUT2D eigenvalue weighted by Gasteiger charge is -2.27. The van der Waals surface area contributed by atoms with Crippen molar-refractivity contribution in [2.24, 2.45) is 0 Å². The first-order chi connectivity index (χ1) is 16.2.